The minimum atomic E-state index is -0.402. The van der Waals surface area contributed by atoms with Crippen molar-refractivity contribution >= 4 is 0 Å². The molecule has 0 spiro atoms. The molecule has 90 valence electrons. The third-order valence-corrected chi connectivity index (χ3v) is 3.87. The van der Waals surface area contributed by atoms with Crippen molar-refractivity contribution in [2.24, 2.45) is 5.92 Å². The first-order valence-electron chi connectivity index (χ1n) is 6.42. The molecule has 0 aliphatic heterocycles. The van der Waals surface area contributed by atoms with Crippen LogP contribution in [0.25, 0.3) is 0 Å². The highest BCUT2D eigenvalue weighted by atomic mass is 16.3. The third-order valence-electron chi connectivity index (χ3n) is 3.87. The fourth-order valence-electron chi connectivity index (χ4n) is 2.59. The van der Waals surface area contributed by atoms with Crippen LogP contribution in [0.5, 0.6) is 0 Å². The van der Waals surface area contributed by atoms with Gasteiger partial charge in [0.25, 0.3) is 0 Å². The van der Waals surface area contributed by atoms with Crippen molar-refractivity contribution in [2.45, 2.75) is 58.1 Å². The number of rotatable bonds is 3. The lowest BCUT2D eigenvalue weighted by atomic mass is 9.85. The molecular formula is C13H22N2O. The van der Waals surface area contributed by atoms with Gasteiger partial charge in [-0.1, -0.05) is 13.3 Å². The summed E-state index contributed by atoms with van der Waals surface area (Å²) >= 11 is 0. The smallest absolute Gasteiger partial charge is 0.0792 e. The molecule has 3 heteroatoms. The van der Waals surface area contributed by atoms with Crippen LogP contribution in [-0.4, -0.2) is 14.9 Å². The lowest BCUT2D eigenvalue weighted by Gasteiger charge is -2.27. The molecule has 1 fully saturated rings. The first-order chi connectivity index (χ1) is 7.70. The van der Waals surface area contributed by atoms with Crippen LogP contribution in [0.2, 0.25) is 0 Å². The van der Waals surface area contributed by atoms with E-state index < -0.39 is 6.10 Å². The van der Waals surface area contributed by atoms with Crippen molar-refractivity contribution in [1.82, 2.24) is 9.78 Å². The Kier molecular flexibility index (Phi) is 3.64. The molecule has 0 saturated heterocycles. The summed E-state index contributed by atoms with van der Waals surface area (Å²) in [4.78, 5) is 0. The SMILES string of the molecule is CCC1CCC(n2cc(C(C)O)cn2)CC1. The molecule has 1 saturated carbocycles. The van der Waals surface area contributed by atoms with Crippen molar-refractivity contribution in [1.29, 1.82) is 0 Å². The Morgan fingerprint density at radius 3 is 2.62 bits per heavy atom. The van der Waals surface area contributed by atoms with E-state index in [1.54, 1.807) is 13.1 Å². The molecule has 0 amide bonds. The van der Waals surface area contributed by atoms with Crippen LogP contribution in [0.1, 0.15) is 63.7 Å². The van der Waals surface area contributed by atoms with E-state index in [4.69, 9.17) is 0 Å². The Hall–Kier alpha value is -0.830. The molecule has 1 heterocycles. The van der Waals surface area contributed by atoms with E-state index in [-0.39, 0.29) is 0 Å². The Morgan fingerprint density at radius 1 is 1.44 bits per heavy atom. The van der Waals surface area contributed by atoms with Gasteiger partial charge in [0, 0.05) is 11.8 Å². The van der Waals surface area contributed by atoms with E-state index in [2.05, 4.69) is 12.0 Å². The van der Waals surface area contributed by atoms with Crippen molar-refractivity contribution in [3.05, 3.63) is 18.0 Å². The van der Waals surface area contributed by atoms with Crippen LogP contribution in [0.15, 0.2) is 12.4 Å². The minimum absolute atomic E-state index is 0.402. The van der Waals surface area contributed by atoms with E-state index in [1.165, 1.54) is 32.1 Å². The van der Waals surface area contributed by atoms with E-state index in [0.29, 0.717) is 6.04 Å². The molecule has 3 nitrogen and oxygen atoms in total. The zero-order valence-corrected chi connectivity index (χ0v) is 10.3. The summed E-state index contributed by atoms with van der Waals surface area (Å²) < 4.78 is 2.05. The molecule has 1 atom stereocenters. The normalized spacial score (nSPS) is 27.9. The molecule has 1 aliphatic carbocycles. The molecule has 0 radical (unpaired) electrons. The highest BCUT2D eigenvalue weighted by molar-refractivity contribution is 5.07. The van der Waals surface area contributed by atoms with Gasteiger partial charge in [-0.3, -0.25) is 4.68 Å². The minimum Gasteiger partial charge on any atom is -0.389 e. The van der Waals surface area contributed by atoms with Crippen LogP contribution >= 0.6 is 0 Å². The van der Waals surface area contributed by atoms with Crippen molar-refractivity contribution in [3.63, 3.8) is 0 Å². The van der Waals surface area contributed by atoms with Crippen molar-refractivity contribution in [3.8, 4) is 0 Å². The summed E-state index contributed by atoms with van der Waals surface area (Å²) in [6.07, 6.45) is 9.82. The standard InChI is InChI=1S/C13H22N2O/c1-3-11-4-6-13(7-5-11)15-9-12(8-14-15)10(2)16/h8-11,13,16H,3-7H2,1-2H3. The van der Waals surface area contributed by atoms with Gasteiger partial charge in [-0.2, -0.15) is 5.10 Å². The van der Waals surface area contributed by atoms with Crippen LogP contribution in [0.4, 0.5) is 0 Å². The van der Waals surface area contributed by atoms with Gasteiger partial charge < -0.3 is 5.11 Å². The fraction of sp³-hybridized carbons (Fsp3) is 0.769. The first kappa shape index (κ1) is 11.6. The van der Waals surface area contributed by atoms with Gasteiger partial charge in [-0.25, -0.2) is 0 Å². The average Bonchev–Trinajstić information content (AvgIpc) is 2.78. The lowest BCUT2D eigenvalue weighted by Crippen LogP contribution is -2.18. The van der Waals surface area contributed by atoms with Gasteiger partial charge in [0.1, 0.15) is 0 Å². The quantitative estimate of drug-likeness (QED) is 0.853. The maximum absolute atomic E-state index is 9.46. The Balaban J connectivity index is 1.97. The van der Waals surface area contributed by atoms with Crippen molar-refractivity contribution in [2.75, 3.05) is 0 Å². The molecular weight excluding hydrogens is 200 g/mol. The summed E-state index contributed by atoms with van der Waals surface area (Å²) in [5.74, 6) is 0.919. The second-order valence-corrected chi connectivity index (χ2v) is 5.01. The predicted molar refractivity (Wildman–Crippen MR) is 64.1 cm³/mol. The zero-order valence-electron chi connectivity index (χ0n) is 10.3. The number of aliphatic hydroxyl groups is 1. The van der Waals surface area contributed by atoms with Crippen LogP contribution in [0, 0.1) is 5.92 Å². The summed E-state index contributed by atoms with van der Waals surface area (Å²) in [7, 11) is 0. The van der Waals surface area contributed by atoms with Gasteiger partial charge in [0.2, 0.25) is 0 Å². The van der Waals surface area contributed by atoms with Crippen molar-refractivity contribution < 1.29 is 5.11 Å². The molecule has 16 heavy (non-hydrogen) atoms. The molecule has 1 unspecified atom stereocenters. The van der Waals surface area contributed by atoms with Gasteiger partial charge in [-0.05, 0) is 38.5 Å². The molecule has 1 aliphatic rings. The van der Waals surface area contributed by atoms with Crippen LogP contribution in [0.3, 0.4) is 0 Å². The Morgan fingerprint density at radius 2 is 2.12 bits per heavy atom. The molecule has 1 aromatic heterocycles. The largest absolute Gasteiger partial charge is 0.389 e. The Bertz CT molecular complexity index is 324. The molecule has 0 aromatic carbocycles. The lowest BCUT2D eigenvalue weighted by molar-refractivity contribution is 0.198. The number of hydrogen-bond donors (Lipinski definition) is 1. The Labute approximate surface area is 97.5 Å². The van der Waals surface area contributed by atoms with Gasteiger partial charge in [-0.15, -0.1) is 0 Å². The maximum Gasteiger partial charge on any atom is 0.0792 e. The van der Waals surface area contributed by atoms with E-state index in [0.717, 1.165) is 11.5 Å². The van der Waals surface area contributed by atoms with E-state index in [1.807, 2.05) is 10.9 Å². The van der Waals surface area contributed by atoms with Gasteiger partial charge in [0.15, 0.2) is 0 Å². The van der Waals surface area contributed by atoms with E-state index in [9.17, 15) is 5.11 Å². The number of aliphatic hydroxyl groups excluding tert-OH is 1. The van der Waals surface area contributed by atoms with E-state index >= 15 is 0 Å². The number of hydrogen-bond acceptors (Lipinski definition) is 2. The monoisotopic (exact) mass is 222 g/mol. The highest BCUT2D eigenvalue weighted by Gasteiger charge is 2.21. The average molecular weight is 222 g/mol. The molecule has 1 N–H and O–H groups in total. The molecule has 1 aromatic rings. The summed E-state index contributed by atoms with van der Waals surface area (Å²) in [5, 5.41) is 13.8. The zero-order chi connectivity index (χ0) is 11.5. The molecule has 0 bridgehead atoms. The third kappa shape index (κ3) is 2.46. The molecule has 2 rings (SSSR count). The first-order valence-corrected chi connectivity index (χ1v) is 6.42. The van der Waals surface area contributed by atoms with Gasteiger partial charge in [0.05, 0.1) is 18.3 Å². The summed E-state index contributed by atoms with van der Waals surface area (Å²) in [6.45, 7) is 4.07. The second-order valence-electron chi connectivity index (χ2n) is 5.01. The highest BCUT2D eigenvalue weighted by Crippen LogP contribution is 2.33. The number of aromatic nitrogens is 2. The topological polar surface area (TPSA) is 38.0 Å². The predicted octanol–water partition coefficient (Wildman–Crippen LogP) is 3.08. The number of nitrogens with zero attached hydrogens (tertiary/aromatic N) is 2. The second kappa shape index (κ2) is 5.00. The fourth-order valence-corrected chi connectivity index (χ4v) is 2.59. The van der Waals surface area contributed by atoms with Crippen LogP contribution in [-0.2, 0) is 0 Å². The van der Waals surface area contributed by atoms with Crippen LogP contribution < -0.4 is 0 Å². The summed E-state index contributed by atoms with van der Waals surface area (Å²) in [5.41, 5.74) is 0.928. The maximum atomic E-state index is 9.46. The summed E-state index contributed by atoms with van der Waals surface area (Å²) in [6, 6.07) is 0.551. The van der Waals surface area contributed by atoms with Gasteiger partial charge >= 0.3 is 0 Å².